The van der Waals surface area contributed by atoms with Crippen LogP contribution >= 0.6 is 0 Å². The fraction of sp³-hybridized carbons (Fsp3) is 0.294. The van der Waals surface area contributed by atoms with Gasteiger partial charge in [0.15, 0.2) is 9.84 Å². The first-order chi connectivity index (χ1) is 9.86. The molecule has 0 aliphatic rings. The zero-order valence-corrected chi connectivity index (χ0v) is 13.4. The average molecular weight is 303 g/mol. The van der Waals surface area contributed by atoms with E-state index in [9.17, 15) is 8.42 Å². The second kappa shape index (κ2) is 6.41. The third-order valence-electron chi connectivity index (χ3n) is 3.54. The topological polar surface area (TPSA) is 46.2 Å². The lowest BCUT2D eigenvalue weighted by atomic mass is 10.1. The number of benzene rings is 2. The van der Waals surface area contributed by atoms with Crippen molar-refractivity contribution >= 4 is 9.84 Å². The van der Waals surface area contributed by atoms with E-state index in [1.54, 1.807) is 12.1 Å². The molecule has 112 valence electrons. The molecule has 2 aromatic carbocycles. The molecule has 21 heavy (non-hydrogen) atoms. The molecule has 2 aromatic rings. The van der Waals surface area contributed by atoms with Crippen LogP contribution in [0, 0.1) is 6.92 Å². The van der Waals surface area contributed by atoms with Crippen LogP contribution in [0.1, 0.15) is 29.7 Å². The summed E-state index contributed by atoms with van der Waals surface area (Å²) in [6, 6.07) is 15.6. The van der Waals surface area contributed by atoms with Crippen molar-refractivity contribution in [2.75, 3.05) is 6.26 Å². The Hall–Kier alpha value is -1.65. The average Bonchev–Trinajstić information content (AvgIpc) is 2.45. The third-order valence-corrected chi connectivity index (χ3v) is 4.67. The van der Waals surface area contributed by atoms with Crippen LogP contribution in [0.4, 0.5) is 0 Å². The zero-order chi connectivity index (χ0) is 15.5. The van der Waals surface area contributed by atoms with E-state index in [1.807, 2.05) is 12.1 Å². The van der Waals surface area contributed by atoms with Gasteiger partial charge in [0.25, 0.3) is 0 Å². The maximum Gasteiger partial charge on any atom is 0.175 e. The van der Waals surface area contributed by atoms with Gasteiger partial charge < -0.3 is 5.32 Å². The fourth-order valence-corrected chi connectivity index (χ4v) is 2.73. The van der Waals surface area contributed by atoms with Gasteiger partial charge in [0.05, 0.1) is 4.90 Å². The first-order valence-electron chi connectivity index (χ1n) is 6.95. The normalized spacial score (nSPS) is 13.1. The summed E-state index contributed by atoms with van der Waals surface area (Å²) in [4.78, 5) is 0.358. The van der Waals surface area contributed by atoms with Crippen LogP contribution in [-0.2, 0) is 16.4 Å². The summed E-state index contributed by atoms with van der Waals surface area (Å²) < 4.78 is 22.9. The monoisotopic (exact) mass is 303 g/mol. The highest BCUT2D eigenvalue weighted by molar-refractivity contribution is 7.90. The van der Waals surface area contributed by atoms with Crippen molar-refractivity contribution < 1.29 is 8.42 Å². The standard InChI is InChI=1S/C17H21NO2S/c1-13-4-6-15(7-5-13)12-18-14(2)16-8-10-17(11-9-16)21(3,19)20/h4-11,14,18H,12H2,1-3H3. The summed E-state index contributed by atoms with van der Waals surface area (Å²) in [6.45, 7) is 4.93. The van der Waals surface area contributed by atoms with Crippen LogP contribution in [0.5, 0.6) is 0 Å². The number of rotatable bonds is 5. The molecular formula is C17H21NO2S. The first kappa shape index (κ1) is 15.7. The summed E-state index contributed by atoms with van der Waals surface area (Å²) in [5.74, 6) is 0. The molecule has 1 atom stereocenters. The Kier molecular flexibility index (Phi) is 4.80. The molecule has 2 rings (SSSR count). The second-order valence-corrected chi connectivity index (χ2v) is 7.45. The van der Waals surface area contributed by atoms with Crippen molar-refractivity contribution in [3.63, 3.8) is 0 Å². The molecule has 1 N–H and O–H groups in total. The number of hydrogen-bond acceptors (Lipinski definition) is 3. The van der Waals surface area contributed by atoms with E-state index in [4.69, 9.17) is 0 Å². The third kappa shape index (κ3) is 4.41. The Morgan fingerprint density at radius 2 is 1.57 bits per heavy atom. The summed E-state index contributed by atoms with van der Waals surface area (Å²) in [7, 11) is -3.13. The molecule has 0 aliphatic carbocycles. The van der Waals surface area contributed by atoms with Gasteiger partial charge in [-0.3, -0.25) is 0 Å². The molecule has 0 aliphatic heterocycles. The van der Waals surface area contributed by atoms with E-state index in [-0.39, 0.29) is 6.04 Å². The molecule has 3 nitrogen and oxygen atoms in total. The summed E-state index contributed by atoms with van der Waals surface area (Å²) in [5.41, 5.74) is 3.57. The van der Waals surface area contributed by atoms with E-state index < -0.39 is 9.84 Å². The Morgan fingerprint density at radius 3 is 2.10 bits per heavy atom. The van der Waals surface area contributed by atoms with E-state index in [1.165, 1.54) is 17.4 Å². The Balaban J connectivity index is 2.00. The number of nitrogens with one attached hydrogen (secondary N) is 1. The maximum absolute atomic E-state index is 11.4. The van der Waals surface area contributed by atoms with Gasteiger partial charge in [0.1, 0.15) is 0 Å². The van der Waals surface area contributed by atoms with E-state index in [0.29, 0.717) is 4.90 Å². The summed E-state index contributed by atoms with van der Waals surface area (Å²) in [5, 5.41) is 3.44. The highest BCUT2D eigenvalue weighted by Gasteiger charge is 2.09. The lowest BCUT2D eigenvalue weighted by molar-refractivity contribution is 0.574. The molecule has 0 fully saturated rings. The second-order valence-electron chi connectivity index (χ2n) is 5.43. The Bertz CT molecular complexity index is 689. The van der Waals surface area contributed by atoms with Crippen molar-refractivity contribution in [3.8, 4) is 0 Å². The van der Waals surface area contributed by atoms with E-state index in [2.05, 4.69) is 43.4 Å². The van der Waals surface area contributed by atoms with Gasteiger partial charge in [-0.1, -0.05) is 42.0 Å². The molecule has 4 heteroatoms. The molecule has 1 unspecified atom stereocenters. The number of aryl methyl sites for hydroxylation is 1. The Morgan fingerprint density at radius 1 is 1.00 bits per heavy atom. The minimum Gasteiger partial charge on any atom is -0.306 e. The highest BCUT2D eigenvalue weighted by Crippen LogP contribution is 2.16. The van der Waals surface area contributed by atoms with Gasteiger partial charge in [-0.2, -0.15) is 0 Å². The SMILES string of the molecule is Cc1ccc(CNC(C)c2ccc(S(C)(=O)=O)cc2)cc1. The smallest absolute Gasteiger partial charge is 0.175 e. The molecule has 0 bridgehead atoms. The lowest BCUT2D eigenvalue weighted by Crippen LogP contribution is -2.18. The molecule has 0 saturated heterocycles. The largest absolute Gasteiger partial charge is 0.306 e. The number of hydrogen-bond donors (Lipinski definition) is 1. The van der Waals surface area contributed by atoms with Crippen molar-refractivity contribution in [2.45, 2.75) is 31.3 Å². The van der Waals surface area contributed by atoms with Crippen molar-refractivity contribution in [2.24, 2.45) is 0 Å². The number of sulfone groups is 1. The van der Waals surface area contributed by atoms with Gasteiger partial charge in [0, 0.05) is 18.8 Å². The van der Waals surface area contributed by atoms with Crippen molar-refractivity contribution in [3.05, 3.63) is 65.2 Å². The van der Waals surface area contributed by atoms with Gasteiger partial charge in [-0.15, -0.1) is 0 Å². The molecule has 0 aromatic heterocycles. The van der Waals surface area contributed by atoms with E-state index >= 15 is 0 Å². The molecule has 0 radical (unpaired) electrons. The molecular weight excluding hydrogens is 282 g/mol. The lowest BCUT2D eigenvalue weighted by Gasteiger charge is -2.15. The fourth-order valence-electron chi connectivity index (χ4n) is 2.10. The zero-order valence-electron chi connectivity index (χ0n) is 12.6. The maximum atomic E-state index is 11.4. The Labute approximate surface area is 126 Å². The van der Waals surface area contributed by atoms with Gasteiger partial charge in [0.2, 0.25) is 0 Å². The van der Waals surface area contributed by atoms with Crippen LogP contribution in [0.3, 0.4) is 0 Å². The van der Waals surface area contributed by atoms with E-state index in [0.717, 1.165) is 12.1 Å². The van der Waals surface area contributed by atoms with Crippen LogP contribution in [0.25, 0.3) is 0 Å². The predicted octanol–water partition coefficient (Wildman–Crippen LogP) is 3.25. The predicted molar refractivity (Wildman–Crippen MR) is 86.0 cm³/mol. The van der Waals surface area contributed by atoms with Crippen LogP contribution < -0.4 is 5.32 Å². The minimum atomic E-state index is -3.13. The van der Waals surface area contributed by atoms with Crippen LogP contribution in [0.2, 0.25) is 0 Å². The molecule has 0 saturated carbocycles. The van der Waals surface area contributed by atoms with Crippen LogP contribution in [-0.4, -0.2) is 14.7 Å². The van der Waals surface area contributed by atoms with Crippen molar-refractivity contribution in [1.29, 1.82) is 0 Å². The summed E-state index contributed by atoms with van der Waals surface area (Å²) >= 11 is 0. The molecule has 0 spiro atoms. The van der Waals surface area contributed by atoms with Gasteiger partial charge in [-0.05, 0) is 37.1 Å². The highest BCUT2D eigenvalue weighted by atomic mass is 32.2. The first-order valence-corrected chi connectivity index (χ1v) is 8.84. The molecule has 0 amide bonds. The van der Waals surface area contributed by atoms with Gasteiger partial charge in [-0.25, -0.2) is 8.42 Å². The minimum absolute atomic E-state index is 0.167. The summed E-state index contributed by atoms with van der Waals surface area (Å²) in [6.07, 6.45) is 1.22. The molecule has 0 heterocycles. The van der Waals surface area contributed by atoms with Crippen LogP contribution in [0.15, 0.2) is 53.4 Å². The van der Waals surface area contributed by atoms with Crippen molar-refractivity contribution in [1.82, 2.24) is 5.32 Å². The van der Waals surface area contributed by atoms with Gasteiger partial charge >= 0.3 is 0 Å². The quantitative estimate of drug-likeness (QED) is 0.922.